The lowest BCUT2D eigenvalue weighted by Gasteiger charge is -2.39. The third-order valence-electron chi connectivity index (χ3n) is 4.47. The van der Waals surface area contributed by atoms with E-state index in [0.717, 1.165) is 36.8 Å². The lowest BCUT2D eigenvalue weighted by atomic mass is 10.1. The number of aromatic nitrogens is 1. The van der Waals surface area contributed by atoms with Gasteiger partial charge in [0.1, 0.15) is 0 Å². The minimum Gasteiger partial charge on any atom is -0.333 e. The van der Waals surface area contributed by atoms with Gasteiger partial charge in [-0.25, -0.2) is 9.78 Å². The van der Waals surface area contributed by atoms with Gasteiger partial charge in [0.05, 0.1) is 17.7 Å². The fraction of sp³-hybridized carbons (Fsp3) is 0.444. The maximum atomic E-state index is 12.5. The van der Waals surface area contributed by atoms with Crippen molar-refractivity contribution in [3.8, 4) is 0 Å². The van der Waals surface area contributed by atoms with Gasteiger partial charge in [0.2, 0.25) is 0 Å². The summed E-state index contributed by atoms with van der Waals surface area (Å²) in [7, 11) is 0. The van der Waals surface area contributed by atoms with E-state index in [0.29, 0.717) is 6.54 Å². The standard InChI is InChI=1S/C18H24N4OS/c1-14-11-21(12-16-6-4-3-5-7-16)8-9-22(14)18(23)19-10-17-15(2)20-13-24-17/h3-7,13-14H,8-12H2,1-2H3,(H,19,23)/t14-/m1/s1. The van der Waals surface area contributed by atoms with E-state index >= 15 is 0 Å². The average molecular weight is 344 g/mol. The number of nitrogens with one attached hydrogen (secondary N) is 1. The van der Waals surface area contributed by atoms with E-state index in [1.807, 2.05) is 23.4 Å². The molecule has 0 saturated carbocycles. The molecule has 128 valence electrons. The molecule has 0 aliphatic carbocycles. The summed E-state index contributed by atoms with van der Waals surface area (Å²) >= 11 is 1.59. The smallest absolute Gasteiger partial charge is 0.318 e. The molecule has 2 amide bonds. The highest BCUT2D eigenvalue weighted by Crippen LogP contribution is 2.15. The van der Waals surface area contributed by atoms with Crippen LogP contribution in [0.15, 0.2) is 35.8 Å². The van der Waals surface area contributed by atoms with E-state index in [2.05, 4.69) is 46.4 Å². The number of nitrogens with zero attached hydrogens (tertiary/aromatic N) is 3. The molecule has 1 fully saturated rings. The molecule has 1 aliphatic heterocycles. The molecule has 24 heavy (non-hydrogen) atoms. The van der Waals surface area contributed by atoms with E-state index in [1.54, 1.807) is 11.3 Å². The zero-order chi connectivity index (χ0) is 16.9. The van der Waals surface area contributed by atoms with E-state index in [4.69, 9.17) is 0 Å². The first-order valence-corrected chi connectivity index (χ1v) is 9.21. The molecule has 0 spiro atoms. The molecule has 3 rings (SSSR count). The molecule has 2 heterocycles. The van der Waals surface area contributed by atoms with Gasteiger partial charge in [0.15, 0.2) is 0 Å². The molecule has 0 bridgehead atoms. The predicted octanol–water partition coefficient (Wildman–Crippen LogP) is 2.87. The molecule has 1 aliphatic rings. The van der Waals surface area contributed by atoms with Crippen molar-refractivity contribution in [3.63, 3.8) is 0 Å². The quantitative estimate of drug-likeness (QED) is 0.928. The fourth-order valence-corrected chi connectivity index (χ4v) is 3.79. The monoisotopic (exact) mass is 344 g/mol. The van der Waals surface area contributed by atoms with E-state index in [-0.39, 0.29) is 12.1 Å². The van der Waals surface area contributed by atoms with Gasteiger partial charge in [-0.05, 0) is 19.4 Å². The Balaban J connectivity index is 1.50. The number of benzene rings is 1. The summed E-state index contributed by atoms with van der Waals surface area (Å²) in [6, 6.07) is 10.7. The molecule has 0 radical (unpaired) electrons. The van der Waals surface area contributed by atoms with Gasteiger partial charge in [-0.3, -0.25) is 4.90 Å². The highest BCUT2D eigenvalue weighted by molar-refractivity contribution is 7.09. The van der Waals surface area contributed by atoms with Crippen LogP contribution in [-0.4, -0.2) is 46.5 Å². The molecule has 0 unspecified atom stereocenters. The number of urea groups is 1. The van der Waals surface area contributed by atoms with E-state index < -0.39 is 0 Å². The van der Waals surface area contributed by atoms with Crippen LogP contribution in [0.2, 0.25) is 0 Å². The summed E-state index contributed by atoms with van der Waals surface area (Å²) in [5.74, 6) is 0. The van der Waals surface area contributed by atoms with Crippen LogP contribution in [0.3, 0.4) is 0 Å². The molecule has 1 saturated heterocycles. The van der Waals surface area contributed by atoms with Crippen molar-refractivity contribution in [3.05, 3.63) is 52.0 Å². The summed E-state index contributed by atoms with van der Waals surface area (Å²) in [4.78, 5) is 22.2. The molecule has 1 aromatic heterocycles. The maximum absolute atomic E-state index is 12.5. The number of aryl methyl sites for hydroxylation is 1. The van der Waals surface area contributed by atoms with Crippen molar-refractivity contribution in [1.82, 2.24) is 20.1 Å². The second-order valence-corrected chi connectivity index (χ2v) is 7.22. The Labute approximate surface area is 147 Å². The first kappa shape index (κ1) is 16.9. The Hall–Kier alpha value is -1.92. The molecule has 5 nitrogen and oxygen atoms in total. The van der Waals surface area contributed by atoms with Gasteiger partial charge in [-0.15, -0.1) is 11.3 Å². The third kappa shape index (κ3) is 4.13. The van der Waals surface area contributed by atoms with Crippen LogP contribution in [0.5, 0.6) is 0 Å². The number of amides is 2. The van der Waals surface area contributed by atoms with Gasteiger partial charge >= 0.3 is 6.03 Å². The van der Waals surface area contributed by atoms with Crippen molar-refractivity contribution in [2.45, 2.75) is 33.0 Å². The molecular weight excluding hydrogens is 320 g/mol. The van der Waals surface area contributed by atoms with Crippen LogP contribution in [0.4, 0.5) is 4.79 Å². The normalized spacial score (nSPS) is 18.6. The summed E-state index contributed by atoms with van der Waals surface area (Å²) < 4.78 is 0. The van der Waals surface area contributed by atoms with E-state index in [9.17, 15) is 4.79 Å². The fourth-order valence-electron chi connectivity index (χ4n) is 3.07. The second kappa shape index (κ2) is 7.77. The summed E-state index contributed by atoms with van der Waals surface area (Å²) in [5, 5.41) is 3.03. The van der Waals surface area contributed by atoms with Crippen molar-refractivity contribution in [1.29, 1.82) is 0 Å². The van der Waals surface area contributed by atoms with Crippen LogP contribution in [0.25, 0.3) is 0 Å². The van der Waals surface area contributed by atoms with Gasteiger partial charge in [-0.1, -0.05) is 30.3 Å². The van der Waals surface area contributed by atoms with Crippen molar-refractivity contribution in [2.75, 3.05) is 19.6 Å². The third-order valence-corrected chi connectivity index (χ3v) is 5.40. The van der Waals surface area contributed by atoms with Crippen LogP contribution < -0.4 is 5.32 Å². The largest absolute Gasteiger partial charge is 0.333 e. The average Bonchev–Trinajstić information content (AvgIpc) is 2.99. The van der Waals surface area contributed by atoms with Crippen molar-refractivity contribution < 1.29 is 4.79 Å². The highest BCUT2D eigenvalue weighted by atomic mass is 32.1. The van der Waals surface area contributed by atoms with Gasteiger partial charge in [0, 0.05) is 37.1 Å². The van der Waals surface area contributed by atoms with Gasteiger partial charge in [0.25, 0.3) is 0 Å². The molecule has 1 aromatic carbocycles. The molecular formula is C18H24N4OS. The Morgan fingerprint density at radius 3 is 2.79 bits per heavy atom. The topological polar surface area (TPSA) is 48.5 Å². The highest BCUT2D eigenvalue weighted by Gasteiger charge is 2.27. The second-order valence-electron chi connectivity index (χ2n) is 6.28. The van der Waals surface area contributed by atoms with Crippen molar-refractivity contribution >= 4 is 17.4 Å². The molecule has 1 N–H and O–H groups in total. The first-order chi connectivity index (χ1) is 11.6. The number of carbonyl (C=O) groups excluding carboxylic acids is 1. The van der Waals surface area contributed by atoms with Crippen LogP contribution in [0, 0.1) is 6.92 Å². The lowest BCUT2D eigenvalue weighted by molar-refractivity contribution is 0.0974. The number of piperazine rings is 1. The van der Waals surface area contributed by atoms with Crippen LogP contribution in [-0.2, 0) is 13.1 Å². The Kier molecular flexibility index (Phi) is 5.48. The first-order valence-electron chi connectivity index (χ1n) is 8.33. The maximum Gasteiger partial charge on any atom is 0.318 e. The number of rotatable bonds is 4. The predicted molar refractivity (Wildman–Crippen MR) is 97.0 cm³/mol. The molecule has 1 atom stereocenters. The number of thiazole rings is 1. The minimum atomic E-state index is 0.0228. The van der Waals surface area contributed by atoms with Crippen LogP contribution >= 0.6 is 11.3 Å². The lowest BCUT2D eigenvalue weighted by Crippen LogP contribution is -2.56. The Bertz CT molecular complexity index is 673. The van der Waals surface area contributed by atoms with Crippen molar-refractivity contribution in [2.24, 2.45) is 0 Å². The summed E-state index contributed by atoms with van der Waals surface area (Å²) in [5.41, 5.74) is 4.14. The molecule has 2 aromatic rings. The van der Waals surface area contributed by atoms with Gasteiger partial charge < -0.3 is 10.2 Å². The van der Waals surface area contributed by atoms with E-state index in [1.165, 1.54) is 5.56 Å². The summed E-state index contributed by atoms with van der Waals surface area (Å²) in [6.07, 6.45) is 0. The number of hydrogen-bond acceptors (Lipinski definition) is 4. The Morgan fingerprint density at radius 2 is 2.12 bits per heavy atom. The minimum absolute atomic E-state index is 0.0228. The SMILES string of the molecule is Cc1ncsc1CNC(=O)N1CCN(Cc2ccccc2)C[C@H]1C. The summed E-state index contributed by atoms with van der Waals surface area (Å²) in [6.45, 7) is 8.18. The zero-order valence-corrected chi connectivity index (χ0v) is 15.1. The number of hydrogen-bond donors (Lipinski definition) is 1. The molecule has 6 heteroatoms. The number of carbonyl (C=O) groups is 1. The van der Waals surface area contributed by atoms with Crippen LogP contribution in [0.1, 0.15) is 23.1 Å². The zero-order valence-electron chi connectivity index (χ0n) is 14.2. The van der Waals surface area contributed by atoms with Gasteiger partial charge in [-0.2, -0.15) is 0 Å². The Morgan fingerprint density at radius 1 is 1.33 bits per heavy atom.